The molecule has 2 N–H and O–H groups in total. The smallest absolute Gasteiger partial charge is 0.263 e. The van der Waals surface area contributed by atoms with Crippen LogP contribution in [0.3, 0.4) is 0 Å². The first kappa shape index (κ1) is 21.4. The Bertz CT molecular complexity index is 1410. The Balaban J connectivity index is 1.81. The zero-order chi connectivity index (χ0) is 22.2. The Labute approximate surface area is 190 Å². The summed E-state index contributed by atoms with van der Waals surface area (Å²) < 4.78 is 28.9. The minimum absolute atomic E-state index is 0.0747. The number of sulfonamides is 1. The quantitative estimate of drug-likeness (QED) is 0.366. The van der Waals surface area contributed by atoms with E-state index in [-0.39, 0.29) is 16.5 Å². The third-order valence-corrected chi connectivity index (χ3v) is 6.84. The van der Waals surface area contributed by atoms with Crippen LogP contribution in [0.5, 0.6) is 0 Å². The first-order valence-electron chi connectivity index (χ1n) is 9.32. The molecule has 9 heteroatoms. The SMILES string of the molecule is Cc1ccc(C)c(S(=O)(=O)Nc2nc3ccccc3nc2Nc2ccc(Cl)c(Cl)c2)c1. The third-order valence-electron chi connectivity index (χ3n) is 4.62. The zero-order valence-corrected chi connectivity index (χ0v) is 19.0. The van der Waals surface area contributed by atoms with Crippen molar-refractivity contribution in [3.05, 3.63) is 81.8 Å². The second-order valence-corrected chi connectivity index (χ2v) is 9.50. The first-order chi connectivity index (χ1) is 14.7. The number of halogens is 2. The lowest BCUT2D eigenvalue weighted by Crippen LogP contribution is -2.17. The van der Waals surface area contributed by atoms with E-state index >= 15 is 0 Å². The average molecular weight is 473 g/mol. The van der Waals surface area contributed by atoms with Gasteiger partial charge >= 0.3 is 0 Å². The number of fused-ring (bicyclic) bond motifs is 1. The summed E-state index contributed by atoms with van der Waals surface area (Å²) in [6.07, 6.45) is 0. The lowest BCUT2D eigenvalue weighted by Gasteiger charge is -2.15. The largest absolute Gasteiger partial charge is 0.337 e. The van der Waals surface area contributed by atoms with E-state index in [0.717, 1.165) is 5.56 Å². The van der Waals surface area contributed by atoms with E-state index in [1.54, 1.807) is 49.4 Å². The molecular weight excluding hydrogens is 455 g/mol. The molecule has 0 aliphatic carbocycles. The topological polar surface area (TPSA) is 84.0 Å². The lowest BCUT2D eigenvalue weighted by molar-refractivity contribution is 0.600. The van der Waals surface area contributed by atoms with Gasteiger partial charge in [-0.2, -0.15) is 0 Å². The van der Waals surface area contributed by atoms with Crippen molar-refractivity contribution in [3.8, 4) is 0 Å². The van der Waals surface area contributed by atoms with Gasteiger partial charge in [-0.15, -0.1) is 0 Å². The maximum Gasteiger partial charge on any atom is 0.263 e. The summed E-state index contributed by atoms with van der Waals surface area (Å²) in [7, 11) is -3.90. The number of para-hydroxylation sites is 2. The van der Waals surface area contributed by atoms with Gasteiger partial charge in [0, 0.05) is 5.69 Å². The summed E-state index contributed by atoms with van der Waals surface area (Å²) in [5, 5.41) is 3.86. The fraction of sp³-hybridized carbons (Fsp3) is 0.0909. The van der Waals surface area contributed by atoms with Crippen LogP contribution in [0.15, 0.2) is 65.6 Å². The van der Waals surface area contributed by atoms with Crippen LogP contribution in [-0.4, -0.2) is 18.4 Å². The number of rotatable bonds is 5. The average Bonchev–Trinajstić information content (AvgIpc) is 2.72. The highest BCUT2D eigenvalue weighted by Crippen LogP contribution is 2.31. The number of nitrogens with one attached hydrogen (secondary N) is 2. The van der Waals surface area contributed by atoms with Gasteiger partial charge in [-0.1, -0.05) is 47.5 Å². The highest BCUT2D eigenvalue weighted by Gasteiger charge is 2.21. The van der Waals surface area contributed by atoms with Gasteiger partial charge in [0.2, 0.25) is 0 Å². The molecule has 0 radical (unpaired) electrons. The van der Waals surface area contributed by atoms with Crippen molar-refractivity contribution in [1.29, 1.82) is 0 Å². The van der Waals surface area contributed by atoms with Gasteiger partial charge in [0.05, 0.1) is 26.0 Å². The van der Waals surface area contributed by atoms with Crippen LogP contribution in [0.1, 0.15) is 11.1 Å². The molecule has 0 amide bonds. The number of aryl methyl sites for hydroxylation is 2. The standard InChI is InChI=1S/C22H18Cl2N4O2S/c1-13-7-8-14(2)20(11-13)31(29,30)28-22-21(25-15-9-10-16(23)17(24)12-15)26-18-5-3-4-6-19(18)27-22/h3-12H,1-2H3,(H,25,26)(H,27,28). The van der Waals surface area contributed by atoms with Crippen molar-refractivity contribution in [3.63, 3.8) is 0 Å². The molecule has 0 spiro atoms. The minimum Gasteiger partial charge on any atom is -0.337 e. The molecular formula is C22H18Cl2N4O2S. The predicted octanol–water partition coefficient (Wildman–Crippen LogP) is 6.10. The highest BCUT2D eigenvalue weighted by molar-refractivity contribution is 7.92. The second kappa shape index (κ2) is 8.34. The fourth-order valence-electron chi connectivity index (χ4n) is 3.05. The highest BCUT2D eigenvalue weighted by atomic mass is 35.5. The van der Waals surface area contributed by atoms with Crippen LogP contribution in [0, 0.1) is 13.8 Å². The van der Waals surface area contributed by atoms with Gasteiger partial charge in [0.1, 0.15) is 0 Å². The van der Waals surface area contributed by atoms with Crippen molar-refractivity contribution in [2.24, 2.45) is 0 Å². The summed E-state index contributed by atoms with van der Waals surface area (Å²) in [4.78, 5) is 9.25. The van der Waals surface area contributed by atoms with Crippen molar-refractivity contribution in [2.45, 2.75) is 18.7 Å². The molecule has 4 aromatic rings. The third kappa shape index (κ3) is 4.58. The van der Waals surface area contributed by atoms with Crippen LogP contribution in [0.4, 0.5) is 17.3 Å². The maximum absolute atomic E-state index is 13.2. The number of hydrogen-bond acceptors (Lipinski definition) is 5. The van der Waals surface area contributed by atoms with Crippen molar-refractivity contribution >= 4 is 61.6 Å². The number of aromatic nitrogens is 2. The first-order valence-corrected chi connectivity index (χ1v) is 11.6. The molecule has 0 aliphatic rings. The van der Waals surface area contributed by atoms with Crippen molar-refractivity contribution < 1.29 is 8.42 Å². The Hall–Kier alpha value is -2.87. The van der Waals surface area contributed by atoms with Gasteiger partial charge in [0.25, 0.3) is 10.0 Å². The van der Waals surface area contributed by atoms with E-state index in [2.05, 4.69) is 20.0 Å². The molecule has 0 atom stereocenters. The molecule has 0 aliphatic heterocycles. The van der Waals surface area contributed by atoms with Gasteiger partial charge in [-0.25, -0.2) is 18.4 Å². The molecule has 3 aromatic carbocycles. The molecule has 1 aromatic heterocycles. The monoisotopic (exact) mass is 472 g/mol. The molecule has 4 rings (SSSR count). The van der Waals surface area contributed by atoms with Crippen LogP contribution >= 0.6 is 23.2 Å². The molecule has 0 fully saturated rings. The Morgan fingerprint density at radius 3 is 2.16 bits per heavy atom. The van der Waals surface area contributed by atoms with Crippen LogP contribution < -0.4 is 10.0 Å². The summed E-state index contributed by atoms with van der Waals surface area (Å²) in [5.74, 6) is 0.316. The second-order valence-electron chi connectivity index (χ2n) is 7.04. The number of anilines is 3. The summed E-state index contributed by atoms with van der Waals surface area (Å²) in [6.45, 7) is 3.58. The zero-order valence-electron chi connectivity index (χ0n) is 16.6. The van der Waals surface area contributed by atoms with E-state index in [1.807, 2.05) is 25.1 Å². The van der Waals surface area contributed by atoms with E-state index in [0.29, 0.717) is 32.3 Å². The fourth-order valence-corrected chi connectivity index (χ4v) is 4.69. The van der Waals surface area contributed by atoms with Gasteiger partial charge in [0.15, 0.2) is 11.6 Å². The van der Waals surface area contributed by atoms with E-state index in [1.165, 1.54) is 0 Å². The van der Waals surface area contributed by atoms with E-state index in [9.17, 15) is 8.42 Å². The normalized spacial score (nSPS) is 11.5. The number of benzene rings is 3. The van der Waals surface area contributed by atoms with Crippen LogP contribution in [0.25, 0.3) is 11.0 Å². The molecule has 0 unspecified atom stereocenters. The summed E-state index contributed by atoms with van der Waals surface area (Å²) in [6, 6.07) is 17.4. The van der Waals surface area contributed by atoms with Gasteiger partial charge < -0.3 is 5.32 Å². The predicted molar refractivity (Wildman–Crippen MR) is 126 cm³/mol. The van der Waals surface area contributed by atoms with E-state index in [4.69, 9.17) is 23.2 Å². The molecule has 6 nitrogen and oxygen atoms in total. The summed E-state index contributed by atoms with van der Waals surface area (Å²) >= 11 is 12.1. The molecule has 158 valence electrons. The molecule has 31 heavy (non-hydrogen) atoms. The molecule has 0 bridgehead atoms. The number of hydrogen-bond donors (Lipinski definition) is 2. The molecule has 1 heterocycles. The van der Waals surface area contributed by atoms with Gasteiger partial charge in [-0.05, 0) is 61.4 Å². The minimum atomic E-state index is -3.90. The maximum atomic E-state index is 13.2. The van der Waals surface area contributed by atoms with Gasteiger partial charge in [-0.3, -0.25) is 4.72 Å². The van der Waals surface area contributed by atoms with Crippen molar-refractivity contribution in [2.75, 3.05) is 10.0 Å². The molecule has 0 saturated heterocycles. The Morgan fingerprint density at radius 2 is 1.48 bits per heavy atom. The van der Waals surface area contributed by atoms with Crippen molar-refractivity contribution in [1.82, 2.24) is 9.97 Å². The van der Waals surface area contributed by atoms with Crippen LogP contribution in [-0.2, 0) is 10.0 Å². The number of nitrogens with zero attached hydrogens (tertiary/aromatic N) is 2. The van der Waals surface area contributed by atoms with Crippen LogP contribution in [0.2, 0.25) is 10.0 Å². The summed E-state index contributed by atoms with van der Waals surface area (Å²) in [5.41, 5.74) is 3.22. The Kier molecular flexibility index (Phi) is 5.75. The lowest BCUT2D eigenvalue weighted by atomic mass is 10.2. The molecule has 0 saturated carbocycles. The Morgan fingerprint density at radius 1 is 0.806 bits per heavy atom. The van der Waals surface area contributed by atoms with E-state index < -0.39 is 10.0 Å².